The van der Waals surface area contributed by atoms with Crippen LogP contribution in [0.25, 0.3) is 10.9 Å². The fourth-order valence-corrected chi connectivity index (χ4v) is 5.91. The van der Waals surface area contributed by atoms with E-state index in [0.717, 1.165) is 21.4 Å². The van der Waals surface area contributed by atoms with Crippen LogP contribution < -0.4 is 16.0 Å². The molecule has 48 heavy (non-hydrogen) atoms. The lowest BCUT2D eigenvalue weighted by Crippen LogP contribution is -2.58. The average Bonchev–Trinajstić information content (AvgIpc) is 3.31. The molecular formula is C38H41N5O5. The van der Waals surface area contributed by atoms with E-state index in [-0.39, 0.29) is 35.8 Å². The molecule has 5 rings (SSSR count). The molecule has 0 radical (unpaired) electrons. The molecule has 5 amide bonds. The van der Waals surface area contributed by atoms with Crippen molar-refractivity contribution < 1.29 is 24.0 Å². The van der Waals surface area contributed by atoms with Gasteiger partial charge < -0.3 is 16.0 Å². The molecule has 0 unspecified atom stereocenters. The first-order valence-corrected chi connectivity index (χ1v) is 16.2. The van der Waals surface area contributed by atoms with Crippen molar-refractivity contribution in [3.05, 3.63) is 107 Å². The molecule has 2 heterocycles. The van der Waals surface area contributed by atoms with Crippen LogP contribution in [0.1, 0.15) is 66.0 Å². The fraction of sp³-hybridized carbons (Fsp3) is 0.316. The zero-order valence-electron chi connectivity index (χ0n) is 27.8. The summed E-state index contributed by atoms with van der Waals surface area (Å²) in [5.41, 5.74) is 3.51. The minimum atomic E-state index is -1.13. The van der Waals surface area contributed by atoms with E-state index in [2.05, 4.69) is 20.9 Å². The number of benzene rings is 3. The van der Waals surface area contributed by atoms with Crippen LogP contribution in [0.15, 0.2) is 85.1 Å². The first kappa shape index (κ1) is 34.0. The summed E-state index contributed by atoms with van der Waals surface area (Å²) < 4.78 is 0. The molecule has 4 aromatic rings. The third-order valence-corrected chi connectivity index (χ3v) is 8.47. The van der Waals surface area contributed by atoms with Gasteiger partial charge in [0.25, 0.3) is 11.8 Å². The molecule has 0 aliphatic carbocycles. The topological polar surface area (TPSA) is 138 Å². The molecule has 0 spiro atoms. The Hall–Kier alpha value is -5.38. The van der Waals surface area contributed by atoms with E-state index in [0.29, 0.717) is 11.2 Å². The zero-order chi connectivity index (χ0) is 34.5. The normalized spacial score (nSPS) is 14.5. The minimum Gasteiger partial charge on any atom is -0.342 e. The second-order valence-electron chi connectivity index (χ2n) is 13.0. The molecule has 3 atom stereocenters. The van der Waals surface area contributed by atoms with Crippen LogP contribution >= 0.6 is 0 Å². The summed E-state index contributed by atoms with van der Waals surface area (Å²) >= 11 is 0. The summed E-state index contributed by atoms with van der Waals surface area (Å²) in [6.45, 7) is 9.31. The highest BCUT2D eigenvalue weighted by molar-refractivity contribution is 6.23. The number of para-hydroxylation sites is 1. The first-order valence-electron chi connectivity index (χ1n) is 16.2. The van der Waals surface area contributed by atoms with Crippen LogP contribution in [0.5, 0.6) is 0 Å². The van der Waals surface area contributed by atoms with E-state index in [9.17, 15) is 24.0 Å². The van der Waals surface area contributed by atoms with Crippen LogP contribution in [0.3, 0.4) is 0 Å². The number of fused-ring (bicyclic) bond motifs is 2. The van der Waals surface area contributed by atoms with Crippen LogP contribution in [0, 0.1) is 18.8 Å². The predicted molar refractivity (Wildman–Crippen MR) is 184 cm³/mol. The number of pyridine rings is 1. The number of nitrogens with one attached hydrogen (secondary N) is 3. The van der Waals surface area contributed by atoms with Crippen molar-refractivity contribution in [2.24, 2.45) is 11.8 Å². The van der Waals surface area contributed by atoms with Gasteiger partial charge in [0.2, 0.25) is 17.7 Å². The van der Waals surface area contributed by atoms with Crippen molar-refractivity contribution in [2.45, 2.75) is 65.6 Å². The molecule has 0 saturated heterocycles. The Morgan fingerprint density at radius 2 is 1.40 bits per heavy atom. The summed E-state index contributed by atoms with van der Waals surface area (Å²) in [4.78, 5) is 73.8. The van der Waals surface area contributed by atoms with Gasteiger partial charge in [-0.2, -0.15) is 0 Å². The summed E-state index contributed by atoms with van der Waals surface area (Å²) in [6.07, 6.45) is 2.05. The second kappa shape index (κ2) is 14.6. The van der Waals surface area contributed by atoms with E-state index in [1.807, 2.05) is 69.3 Å². The number of carbonyl (C=O) groups is 5. The van der Waals surface area contributed by atoms with Crippen molar-refractivity contribution >= 4 is 46.1 Å². The number of anilines is 1. The van der Waals surface area contributed by atoms with Crippen LogP contribution in [0.2, 0.25) is 0 Å². The Morgan fingerprint density at radius 1 is 0.750 bits per heavy atom. The zero-order valence-corrected chi connectivity index (χ0v) is 27.8. The molecular weight excluding hydrogens is 606 g/mol. The molecule has 1 aliphatic heterocycles. The molecule has 0 fully saturated rings. The maximum Gasteiger partial charge on any atom is 0.262 e. The number of hydrogen-bond acceptors (Lipinski definition) is 6. The number of aryl methyl sites for hydroxylation is 1. The largest absolute Gasteiger partial charge is 0.342 e. The Kier molecular flexibility index (Phi) is 10.3. The average molecular weight is 648 g/mol. The van der Waals surface area contributed by atoms with Gasteiger partial charge >= 0.3 is 0 Å². The lowest BCUT2D eigenvalue weighted by molar-refractivity contribution is -0.133. The third kappa shape index (κ3) is 7.43. The lowest BCUT2D eigenvalue weighted by Gasteiger charge is -2.30. The molecule has 1 aliphatic rings. The number of rotatable bonds is 12. The molecule has 3 aromatic carbocycles. The van der Waals surface area contributed by atoms with E-state index >= 15 is 0 Å². The quantitative estimate of drug-likeness (QED) is 0.184. The van der Waals surface area contributed by atoms with Crippen molar-refractivity contribution in [1.29, 1.82) is 0 Å². The lowest BCUT2D eigenvalue weighted by atomic mass is 9.98. The SMILES string of the molecule is Cc1ccc(C[C@H](NC(=O)[C@@H](NC(=O)[C@H](CC(C)C)N2C(=O)c3ccccc3C2=O)C(C)C)C(=O)Nc2cccc3cccnc23)cc1. The number of aromatic nitrogens is 1. The van der Waals surface area contributed by atoms with Gasteiger partial charge in [0.1, 0.15) is 18.1 Å². The Balaban J connectivity index is 1.38. The summed E-state index contributed by atoms with van der Waals surface area (Å²) in [7, 11) is 0. The number of hydrogen-bond donors (Lipinski definition) is 3. The Labute approximate surface area is 280 Å². The number of imide groups is 1. The number of amides is 5. The van der Waals surface area contributed by atoms with Crippen LogP contribution in [0.4, 0.5) is 5.69 Å². The fourth-order valence-electron chi connectivity index (χ4n) is 5.91. The smallest absolute Gasteiger partial charge is 0.262 e. The highest BCUT2D eigenvalue weighted by atomic mass is 16.2. The second-order valence-corrected chi connectivity index (χ2v) is 13.0. The molecule has 248 valence electrons. The molecule has 10 nitrogen and oxygen atoms in total. The standard InChI is InChI=1S/C38H41N5O5/c1-22(2)20-31(43-37(47)27-12-6-7-13-28(27)38(43)48)35(45)42-32(23(3)4)36(46)41-30(21-25-17-15-24(5)16-18-25)34(44)40-29-14-8-10-26-11-9-19-39-33(26)29/h6-19,22-23,30-32H,20-21H2,1-5H3,(H,40,44)(H,41,46)(H,42,45)/t30-,31-,32-/m0/s1. The third-order valence-electron chi connectivity index (χ3n) is 8.47. The van der Waals surface area contributed by atoms with Gasteiger partial charge in [0, 0.05) is 18.0 Å². The first-order chi connectivity index (χ1) is 22.9. The van der Waals surface area contributed by atoms with Crippen molar-refractivity contribution in [2.75, 3.05) is 5.32 Å². The summed E-state index contributed by atoms with van der Waals surface area (Å²) in [5.74, 6) is -3.14. The maximum atomic E-state index is 14.0. The van der Waals surface area contributed by atoms with E-state index < -0.39 is 47.7 Å². The summed E-state index contributed by atoms with van der Waals surface area (Å²) in [6, 6.07) is 20.1. The molecule has 0 bridgehead atoms. The number of carbonyl (C=O) groups excluding carboxylic acids is 5. The van der Waals surface area contributed by atoms with Crippen LogP contribution in [-0.2, 0) is 20.8 Å². The molecule has 3 N–H and O–H groups in total. The predicted octanol–water partition coefficient (Wildman–Crippen LogP) is 5.06. The van der Waals surface area contributed by atoms with E-state index in [1.54, 1.807) is 50.4 Å². The van der Waals surface area contributed by atoms with E-state index in [1.165, 1.54) is 0 Å². The van der Waals surface area contributed by atoms with Crippen LogP contribution in [-0.4, -0.2) is 57.5 Å². The van der Waals surface area contributed by atoms with Gasteiger partial charge in [-0.3, -0.25) is 33.9 Å². The highest BCUT2D eigenvalue weighted by Gasteiger charge is 2.43. The van der Waals surface area contributed by atoms with Gasteiger partial charge in [0.05, 0.1) is 22.3 Å². The Bertz CT molecular complexity index is 1810. The van der Waals surface area contributed by atoms with Gasteiger partial charge in [0.15, 0.2) is 0 Å². The van der Waals surface area contributed by atoms with Gasteiger partial charge in [-0.1, -0.05) is 87.9 Å². The summed E-state index contributed by atoms with van der Waals surface area (Å²) in [5, 5.41) is 9.49. The molecule has 1 aromatic heterocycles. The molecule has 0 saturated carbocycles. The van der Waals surface area contributed by atoms with Gasteiger partial charge in [-0.15, -0.1) is 0 Å². The van der Waals surface area contributed by atoms with Gasteiger partial charge in [-0.25, -0.2) is 0 Å². The van der Waals surface area contributed by atoms with Crippen molar-refractivity contribution in [3.8, 4) is 0 Å². The van der Waals surface area contributed by atoms with Gasteiger partial charge in [-0.05, 0) is 55.0 Å². The monoisotopic (exact) mass is 647 g/mol. The maximum absolute atomic E-state index is 14.0. The highest BCUT2D eigenvalue weighted by Crippen LogP contribution is 2.27. The van der Waals surface area contributed by atoms with Crippen molar-refractivity contribution in [3.63, 3.8) is 0 Å². The molecule has 10 heteroatoms. The van der Waals surface area contributed by atoms with E-state index in [4.69, 9.17) is 0 Å². The van der Waals surface area contributed by atoms with Crippen molar-refractivity contribution in [1.82, 2.24) is 20.5 Å². The minimum absolute atomic E-state index is 0.0393. The Morgan fingerprint density at radius 3 is 2.02 bits per heavy atom. The number of nitrogens with zero attached hydrogens (tertiary/aromatic N) is 2.